The van der Waals surface area contributed by atoms with E-state index in [4.69, 9.17) is 18.9 Å². The number of fused-ring (bicyclic) bond motifs is 1. The highest BCUT2D eigenvalue weighted by Crippen LogP contribution is 2.41. The van der Waals surface area contributed by atoms with Crippen molar-refractivity contribution in [2.75, 3.05) is 6.61 Å². The zero-order chi connectivity index (χ0) is 15.0. The first-order chi connectivity index (χ1) is 9.15. The van der Waals surface area contributed by atoms with Crippen LogP contribution in [0, 0.1) is 6.92 Å². The van der Waals surface area contributed by atoms with E-state index in [0.29, 0.717) is 17.2 Å². The summed E-state index contributed by atoms with van der Waals surface area (Å²) in [4.78, 5) is 21.8. The van der Waals surface area contributed by atoms with Crippen molar-refractivity contribution in [3.05, 3.63) is 24.1 Å². The van der Waals surface area contributed by atoms with Crippen LogP contribution in [0.25, 0.3) is 11.1 Å². The number of phosphoric acid groups is 1. The number of nitrogens with zero attached hydrogens (tertiary/aromatic N) is 1. The van der Waals surface area contributed by atoms with Crippen molar-refractivity contribution >= 4 is 18.9 Å². The Morgan fingerprint density at radius 1 is 1.40 bits per heavy atom. The number of hydrogen-bond donors (Lipinski definition) is 2. The van der Waals surface area contributed by atoms with Gasteiger partial charge in [-0.1, -0.05) is 0 Å². The van der Waals surface area contributed by atoms with E-state index in [1.54, 1.807) is 25.1 Å². The van der Waals surface area contributed by atoms with Gasteiger partial charge in [0.1, 0.15) is 23.5 Å². The number of aryl methyl sites for hydroxylation is 1. The normalized spacial score (nSPS) is 12.8. The van der Waals surface area contributed by atoms with Crippen molar-refractivity contribution in [2.45, 2.75) is 26.4 Å². The minimum atomic E-state index is -4.55. The molecule has 1 aromatic carbocycles. The largest absolute Gasteiger partial charge is 0.490 e. The summed E-state index contributed by atoms with van der Waals surface area (Å²) in [6.45, 7) is 4.79. The molecule has 0 radical (unpaired) electrons. The second-order valence-corrected chi connectivity index (χ2v) is 6.16. The summed E-state index contributed by atoms with van der Waals surface area (Å²) in [7, 11) is -4.55. The average Bonchev–Trinajstić information content (AvgIpc) is 2.62. The van der Waals surface area contributed by atoms with Gasteiger partial charge >= 0.3 is 7.82 Å². The van der Waals surface area contributed by atoms with E-state index in [0.717, 1.165) is 5.52 Å². The monoisotopic (exact) mass is 301 g/mol. The molecule has 1 heterocycles. The van der Waals surface area contributed by atoms with Crippen molar-refractivity contribution in [1.29, 1.82) is 0 Å². The fraction of sp³-hybridized carbons (Fsp3) is 0.417. The minimum absolute atomic E-state index is 0.0171. The maximum Gasteiger partial charge on any atom is 0.470 e. The van der Waals surface area contributed by atoms with Gasteiger partial charge in [0, 0.05) is 13.0 Å². The van der Waals surface area contributed by atoms with Crippen molar-refractivity contribution in [3.63, 3.8) is 0 Å². The van der Waals surface area contributed by atoms with Crippen LogP contribution in [0.2, 0.25) is 0 Å². The molecule has 7 nitrogen and oxygen atoms in total. The maximum atomic E-state index is 10.8. The van der Waals surface area contributed by atoms with E-state index in [9.17, 15) is 4.57 Å². The Labute approximate surface area is 115 Å². The molecule has 0 saturated carbocycles. The number of oxazole rings is 1. The topological polar surface area (TPSA) is 102 Å². The van der Waals surface area contributed by atoms with E-state index in [1.807, 2.05) is 0 Å². The molecule has 0 aliphatic carbocycles. The summed E-state index contributed by atoms with van der Waals surface area (Å²) in [6.07, 6.45) is 0. The van der Waals surface area contributed by atoms with Gasteiger partial charge in [0.2, 0.25) is 0 Å². The maximum absolute atomic E-state index is 10.8. The molecule has 0 bridgehead atoms. The Hall–Kier alpha value is -1.40. The van der Waals surface area contributed by atoms with Crippen LogP contribution in [0.5, 0.6) is 5.75 Å². The van der Waals surface area contributed by atoms with E-state index >= 15 is 0 Å². The zero-order valence-electron chi connectivity index (χ0n) is 11.4. The Balaban J connectivity index is 2.06. The Bertz CT molecular complexity index is 659. The van der Waals surface area contributed by atoms with E-state index in [2.05, 4.69) is 9.51 Å². The van der Waals surface area contributed by atoms with Crippen LogP contribution < -0.4 is 4.74 Å². The van der Waals surface area contributed by atoms with Crippen LogP contribution in [0.4, 0.5) is 0 Å². The molecule has 0 spiro atoms. The van der Waals surface area contributed by atoms with Crippen LogP contribution in [-0.4, -0.2) is 27.0 Å². The molecule has 0 aliphatic heterocycles. The highest BCUT2D eigenvalue weighted by atomic mass is 31.2. The molecule has 2 rings (SSSR count). The van der Waals surface area contributed by atoms with Gasteiger partial charge in [-0.2, -0.15) is 0 Å². The molecule has 8 heteroatoms. The Morgan fingerprint density at radius 2 is 2.10 bits per heavy atom. The molecule has 110 valence electrons. The van der Waals surface area contributed by atoms with Gasteiger partial charge in [0.25, 0.3) is 0 Å². The summed E-state index contributed by atoms with van der Waals surface area (Å²) in [5.74, 6) is 1.07. The zero-order valence-corrected chi connectivity index (χ0v) is 12.3. The minimum Gasteiger partial charge on any atom is -0.490 e. The summed E-state index contributed by atoms with van der Waals surface area (Å²) >= 11 is 0. The fourth-order valence-electron chi connectivity index (χ4n) is 1.72. The first kappa shape index (κ1) is 15.0. The number of hydrogen-bond acceptors (Lipinski definition) is 5. The van der Waals surface area contributed by atoms with Crippen LogP contribution >= 0.6 is 7.82 Å². The van der Waals surface area contributed by atoms with Crippen molar-refractivity contribution < 1.29 is 28.0 Å². The van der Waals surface area contributed by atoms with Crippen molar-refractivity contribution in [2.24, 2.45) is 0 Å². The predicted molar refractivity (Wildman–Crippen MR) is 71.4 cm³/mol. The van der Waals surface area contributed by atoms with Crippen LogP contribution in [0.15, 0.2) is 22.6 Å². The lowest BCUT2D eigenvalue weighted by Crippen LogP contribution is -2.31. The number of aromatic nitrogens is 1. The van der Waals surface area contributed by atoms with Gasteiger partial charge in [-0.3, -0.25) is 4.52 Å². The van der Waals surface area contributed by atoms with Gasteiger partial charge in [0.15, 0.2) is 11.5 Å². The van der Waals surface area contributed by atoms with E-state index in [1.165, 1.54) is 13.8 Å². The van der Waals surface area contributed by atoms with Crippen molar-refractivity contribution in [1.82, 2.24) is 4.98 Å². The van der Waals surface area contributed by atoms with E-state index in [-0.39, 0.29) is 6.61 Å². The van der Waals surface area contributed by atoms with Crippen molar-refractivity contribution in [3.8, 4) is 5.75 Å². The first-order valence-electron chi connectivity index (χ1n) is 5.91. The Kier molecular flexibility index (Phi) is 3.88. The summed E-state index contributed by atoms with van der Waals surface area (Å²) in [6, 6.07) is 5.12. The smallest absolute Gasteiger partial charge is 0.470 e. The second kappa shape index (κ2) is 5.18. The van der Waals surface area contributed by atoms with Crippen LogP contribution in [-0.2, 0) is 9.09 Å². The SMILES string of the molecule is Cc1nc2ccc(OCC(C)(C)OP(=O)(O)O)cc2o1. The molecule has 0 saturated heterocycles. The number of rotatable bonds is 5. The molecule has 2 aromatic rings. The molecule has 0 fully saturated rings. The molecular weight excluding hydrogens is 285 g/mol. The summed E-state index contributed by atoms with van der Waals surface area (Å²) in [5, 5.41) is 0. The van der Waals surface area contributed by atoms with Gasteiger partial charge < -0.3 is 18.9 Å². The standard InChI is InChI=1S/C12H16NO6P/c1-8-13-10-5-4-9(6-11(10)18-8)17-7-12(2,3)19-20(14,15)16/h4-6H,7H2,1-3H3,(H2,14,15,16). The molecule has 2 N–H and O–H groups in total. The second-order valence-electron chi connectivity index (χ2n) is 4.99. The molecule has 0 unspecified atom stereocenters. The van der Waals surface area contributed by atoms with Gasteiger partial charge in [0.05, 0.1) is 0 Å². The first-order valence-corrected chi connectivity index (χ1v) is 7.44. The Morgan fingerprint density at radius 3 is 2.75 bits per heavy atom. The third-order valence-corrected chi connectivity index (χ3v) is 3.15. The van der Waals surface area contributed by atoms with Crippen LogP contribution in [0.3, 0.4) is 0 Å². The number of ether oxygens (including phenoxy) is 1. The highest BCUT2D eigenvalue weighted by Gasteiger charge is 2.29. The average molecular weight is 301 g/mol. The van der Waals surface area contributed by atoms with Gasteiger partial charge in [-0.15, -0.1) is 0 Å². The molecular formula is C12H16NO6P. The molecule has 0 aliphatic rings. The summed E-state index contributed by atoms with van der Waals surface area (Å²) < 4.78 is 26.3. The summed E-state index contributed by atoms with van der Waals surface area (Å²) in [5.41, 5.74) is 0.194. The molecule has 0 amide bonds. The molecule has 20 heavy (non-hydrogen) atoms. The lowest BCUT2D eigenvalue weighted by Gasteiger charge is -2.25. The molecule has 1 aromatic heterocycles. The van der Waals surface area contributed by atoms with Gasteiger partial charge in [-0.05, 0) is 26.0 Å². The van der Waals surface area contributed by atoms with Gasteiger partial charge in [-0.25, -0.2) is 9.55 Å². The third-order valence-electron chi connectivity index (χ3n) is 2.42. The molecule has 0 atom stereocenters. The van der Waals surface area contributed by atoms with Crippen LogP contribution in [0.1, 0.15) is 19.7 Å². The number of phosphoric ester groups is 1. The lowest BCUT2D eigenvalue weighted by molar-refractivity contribution is 0.0240. The lowest BCUT2D eigenvalue weighted by atomic mass is 10.2. The predicted octanol–water partition coefficient (Wildman–Crippen LogP) is 2.40. The number of benzene rings is 1. The third kappa shape index (κ3) is 4.05. The quantitative estimate of drug-likeness (QED) is 0.817. The fourth-order valence-corrected chi connectivity index (χ4v) is 2.41. The van der Waals surface area contributed by atoms with E-state index < -0.39 is 13.4 Å². The highest BCUT2D eigenvalue weighted by molar-refractivity contribution is 7.46.